The van der Waals surface area contributed by atoms with Crippen LogP contribution in [0, 0.1) is 0 Å². The lowest BCUT2D eigenvalue weighted by molar-refractivity contribution is 0.498. The molecule has 4 heterocycles. The molecule has 254 valence electrons. The van der Waals surface area contributed by atoms with Gasteiger partial charge in [-0.3, -0.25) is 0 Å². The third-order valence-corrected chi connectivity index (χ3v) is 7.35. The lowest BCUT2D eigenvalue weighted by Crippen LogP contribution is -2.16. The van der Waals surface area contributed by atoms with E-state index in [1.54, 1.807) is 24.3 Å². The maximum absolute atomic E-state index is 5.81. The van der Waals surface area contributed by atoms with Crippen molar-refractivity contribution < 1.29 is 8.83 Å². The highest BCUT2D eigenvalue weighted by Gasteiger charge is 2.34. The first-order chi connectivity index (χ1) is 21.7. The summed E-state index contributed by atoms with van der Waals surface area (Å²) in [6.45, 7) is 4.05. The molecule has 0 bridgehead atoms. The van der Waals surface area contributed by atoms with Crippen molar-refractivity contribution in [1.29, 1.82) is 0 Å². The second-order valence-corrected chi connectivity index (χ2v) is 18.2. The molecular formula is C27H20Cl12N6O2. The van der Waals surface area contributed by atoms with E-state index in [1.165, 1.54) is 0 Å². The molecule has 0 aliphatic heterocycles. The van der Waals surface area contributed by atoms with Gasteiger partial charge in [0.1, 0.15) is 23.0 Å². The Morgan fingerprint density at radius 1 is 0.489 bits per heavy atom. The summed E-state index contributed by atoms with van der Waals surface area (Å²) in [7, 11) is 0. The molecule has 0 unspecified atom stereocenters. The fourth-order valence-electron chi connectivity index (χ4n) is 3.29. The van der Waals surface area contributed by atoms with E-state index in [4.69, 9.17) is 148 Å². The zero-order valence-electron chi connectivity index (χ0n) is 23.8. The van der Waals surface area contributed by atoms with E-state index in [2.05, 4.69) is 36.8 Å². The van der Waals surface area contributed by atoms with Crippen LogP contribution in [-0.2, 0) is 28.0 Å². The van der Waals surface area contributed by atoms with Gasteiger partial charge in [0.15, 0.2) is 34.9 Å². The predicted molar refractivity (Wildman–Crippen MR) is 195 cm³/mol. The van der Waals surface area contributed by atoms with Crippen LogP contribution < -0.4 is 0 Å². The lowest BCUT2D eigenvalue weighted by Gasteiger charge is -2.14. The second kappa shape index (κ2) is 17.2. The van der Waals surface area contributed by atoms with Gasteiger partial charge in [0, 0.05) is 12.8 Å². The third kappa shape index (κ3) is 13.3. The number of aryl methyl sites for hydroxylation is 2. The molecule has 0 amide bonds. The van der Waals surface area contributed by atoms with Crippen LogP contribution in [0.3, 0.4) is 0 Å². The van der Waals surface area contributed by atoms with Crippen molar-refractivity contribution in [3.05, 3.63) is 82.3 Å². The molecule has 4 aromatic heterocycles. The summed E-state index contributed by atoms with van der Waals surface area (Å²) < 4.78 is 3.64. The molecule has 0 spiro atoms. The van der Waals surface area contributed by atoms with E-state index in [0.717, 1.165) is 30.8 Å². The largest absolute Gasteiger partial charge is 0.462 e. The molecule has 0 N–H and O–H groups in total. The summed E-state index contributed by atoms with van der Waals surface area (Å²) in [6, 6.07) is 7.40. The number of hydrogen-bond donors (Lipinski definition) is 0. The molecule has 20 heteroatoms. The van der Waals surface area contributed by atoms with Gasteiger partial charge < -0.3 is 8.83 Å². The van der Waals surface area contributed by atoms with E-state index < -0.39 is 15.2 Å². The van der Waals surface area contributed by atoms with Crippen molar-refractivity contribution in [3.63, 3.8) is 0 Å². The standard InChI is InChI=1S/C14H11Cl6N3O.C13H9Cl6N3O/c1-2-3-8-4-5-9(24-8)6-7-10-21-11(13(15,16)17)23-12(22-10)14(18,19)20;1-2-7-3-4-8(23-7)5-6-9-20-10(12(14,15)16)22-11(21-9)13(17,18)19/h4-7H,2-3H2,1H3;3-6H,2H2,1H3. The summed E-state index contributed by atoms with van der Waals surface area (Å²) in [5.74, 6) is 2.74. The van der Waals surface area contributed by atoms with Crippen LogP contribution in [0.15, 0.2) is 33.1 Å². The number of halogens is 12. The van der Waals surface area contributed by atoms with Gasteiger partial charge in [-0.15, -0.1) is 0 Å². The topological polar surface area (TPSA) is 104 Å². The van der Waals surface area contributed by atoms with E-state index >= 15 is 0 Å². The van der Waals surface area contributed by atoms with E-state index in [1.807, 2.05) is 31.2 Å². The average molecular weight is 886 g/mol. The van der Waals surface area contributed by atoms with Crippen LogP contribution in [0.25, 0.3) is 24.3 Å². The van der Waals surface area contributed by atoms with Crippen molar-refractivity contribution >= 4 is 164 Å². The summed E-state index contributed by atoms with van der Waals surface area (Å²) in [4.78, 5) is 23.9. The molecule has 4 rings (SSSR count). The maximum atomic E-state index is 5.81. The zero-order valence-corrected chi connectivity index (χ0v) is 32.8. The minimum Gasteiger partial charge on any atom is -0.462 e. The summed E-state index contributed by atoms with van der Waals surface area (Å²) in [5, 5.41) is 0. The first kappa shape index (κ1) is 41.0. The number of alkyl halides is 12. The van der Waals surface area contributed by atoms with Crippen LogP contribution >= 0.6 is 139 Å². The van der Waals surface area contributed by atoms with Crippen LogP contribution in [0.4, 0.5) is 0 Å². The Balaban J connectivity index is 0.000000256. The van der Waals surface area contributed by atoms with Gasteiger partial charge in [-0.1, -0.05) is 153 Å². The minimum atomic E-state index is -1.88. The number of aromatic nitrogens is 6. The number of furan rings is 2. The molecule has 0 aliphatic carbocycles. The number of rotatable bonds is 7. The Labute approximate surface area is 330 Å². The quantitative estimate of drug-likeness (QED) is 0.169. The van der Waals surface area contributed by atoms with Crippen molar-refractivity contribution in [2.24, 2.45) is 0 Å². The van der Waals surface area contributed by atoms with E-state index in [9.17, 15) is 0 Å². The van der Waals surface area contributed by atoms with Crippen molar-refractivity contribution in [2.75, 3.05) is 0 Å². The fourth-order valence-corrected chi connectivity index (χ4v) is 4.31. The summed E-state index contributed by atoms with van der Waals surface area (Å²) in [6.07, 6.45) is 9.04. The molecule has 8 nitrogen and oxygen atoms in total. The lowest BCUT2D eigenvalue weighted by atomic mass is 10.3. The van der Waals surface area contributed by atoms with Crippen LogP contribution in [-0.4, -0.2) is 29.9 Å². The third-order valence-electron chi connectivity index (χ3n) is 5.32. The molecule has 4 aromatic rings. The predicted octanol–water partition coefficient (Wildman–Crippen LogP) is 12.1. The Hall–Kier alpha value is -0.460. The van der Waals surface area contributed by atoms with Crippen molar-refractivity contribution in [1.82, 2.24) is 29.9 Å². The molecule has 0 saturated carbocycles. The minimum absolute atomic E-state index is 0.144. The summed E-state index contributed by atoms with van der Waals surface area (Å²) >= 11 is 69.7. The van der Waals surface area contributed by atoms with Gasteiger partial charge in [-0.05, 0) is 55.0 Å². The highest BCUT2D eigenvalue weighted by molar-refractivity contribution is 6.68. The number of hydrogen-bond acceptors (Lipinski definition) is 8. The number of nitrogens with zero attached hydrogens (tertiary/aromatic N) is 6. The highest BCUT2D eigenvalue weighted by atomic mass is 35.6. The fraction of sp³-hybridized carbons (Fsp3) is 0.333. The Morgan fingerprint density at radius 3 is 1.13 bits per heavy atom. The van der Waals surface area contributed by atoms with Crippen LogP contribution in [0.1, 0.15) is 78.3 Å². The van der Waals surface area contributed by atoms with Gasteiger partial charge in [0.2, 0.25) is 15.2 Å². The smallest absolute Gasteiger partial charge is 0.250 e. The molecule has 47 heavy (non-hydrogen) atoms. The maximum Gasteiger partial charge on any atom is 0.250 e. The molecule has 0 radical (unpaired) electrons. The van der Waals surface area contributed by atoms with Gasteiger partial charge in [-0.25, -0.2) is 29.9 Å². The van der Waals surface area contributed by atoms with E-state index in [-0.39, 0.29) is 34.9 Å². The normalized spacial score (nSPS) is 13.0. The van der Waals surface area contributed by atoms with Gasteiger partial charge in [-0.2, -0.15) is 0 Å². The van der Waals surface area contributed by atoms with Crippen LogP contribution in [0.5, 0.6) is 0 Å². The Morgan fingerprint density at radius 2 is 0.830 bits per heavy atom. The van der Waals surface area contributed by atoms with Crippen molar-refractivity contribution in [2.45, 2.75) is 48.3 Å². The SMILES string of the molecule is CCCc1ccc(C=Cc2nc(C(Cl)(Cl)Cl)nc(C(Cl)(Cl)Cl)n2)o1.CCc1ccc(C=Cc2nc(C(Cl)(Cl)Cl)nc(C(Cl)(Cl)Cl)n2)o1. The highest BCUT2D eigenvalue weighted by Crippen LogP contribution is 2.41. The zero-order chi connectivity index (χ0) is 35.2. The Bertz CT molecular complexity index is 1640. The summed E-state index contributed by atoms with van der Waals surface area (Å²) in [5.41, 5.74) is 0. The Kier molecular flexibility index (Phi) is 15.0. The first-order valence-corrected chi connectivity index (χ1v) is 17.6. The van der Waals surface area contributed by atoms with Gasteiger partial charge in [0.05, 0.1) is 0 Å². The molecule has 0 fully saturated rings. The molecular weight excluding hydrogens is 866 g/mol. The van der Waals surface area contributed by atoms with Gasteiger partial charge >= 0.3 is 0 Å². The van der Waals surface area contributed by atoms with Crippen molar-refractivity contribution in [3.8, 4) is 0 Å². The average Bonchev–Trinajstić information content (AvgIpc) is 3.63. The molecule has 0 atom stereocenters. The first-order valence-electron chi connectivity index (χ1n) is 13.0. The van der Waals surface area contributed by atoms with Crippen LogP contribution in [0.2, 0.25) is 0 Å². The van der Waals surface area contributed by atoms with E-state index in [0.29, 0.717) is 11.5 Å². The molecule has 0 saturated heterocycles. The molecule has 0 aliphatic rings. The second-order valence-electron chi connectivity index (χ2n) is 9.05. The van der Waals surface area contributed by atoms with Gasteiger partial charge in [0.25, 0.3) is 0 Å². The monoisotopic (exact) mass is 880 g/mol. The molecule has 0 aromatic carbocycles.